The second-order valence-electron chi connectivity index (χ2n) is 8.51. The van der Waals surface area contributed by atoms with Gasteiger partial charge in [-0.25, -0.2) is 0 Å². The van der Waals surface area contributed by atoms with Gasteiger partial charge in [0.2, 0.25) is 0 Å². The molecule has 0 aliphatic heterocycles. The fourth-order valence-corrected chi connectivity index (χ4v) is 4.25. The van der Waals surface area contributed by atoms with Crippen LogP contribution in [0.5, 0.6) is 17.2 Å². The molecule has 5 heteroatoms. The Bertz CT molecular complexity index is 926. The van der Waals surface area contributed by atoms with Gasteiger partial charge in [-0.2, -0.15) is 0 Å². The van der Waals surface area contributed by atoms with Gasteiger partial charge in [-0.3, -0.25) is 0 Å². The summed E-state index contributed by atoms with van der Waals surface area (Å²) in [5.41, 5.74) is 4.20. The van der Waals surface area contributed by atoms with Crippen LogP contribution in [-0.2, 0) is 4.84 Å². The van der Waals surface area contributed by atoms with E-state index in [1.54, 1.807) is 7.11 Å². The maximum Gasteiger partial charge on any atom is 0.125 e. The van der Waals surface area contributed by atoms with Crippen molar-refractivity contribution in [3.8, 4) is 17.2 Å². The predicted octanol–water partition coefficient (Wildman–Crippen LogP) is 7.81. The molecule has 2 aromatic carbocycles. The number of hydrogen-bond acceptors (Lipinski definition) is 5. The number of oxime groups is 1. The molecule has 3 rings (SSSR count). The summed E-state index contributed by atoms with van der Waals surface area (Å²) in [6.07, 6.45) is 9.17. The average Bonchev–Trinajstić information content (AvgIpc) is 2.87. The Kier molecular flexibility index (Phi) is 12.2. The van der Waals surface area contributed by atoms with Crippen molar-refractivity contribution in [3.05, 3.63) is 65.2 Å². The first kappa shape index (κ1) is 28.3. The van der Waals surface area contributed by atoms with Gasteiger partial charge in [-0.1, -0.05) is 38.1 Å². The van der Waals surface area contributed by atoms with E-state index in [-0.39, 0.29) is 12.2 Å². The Morgan fingerprint density at radius 1 is 0.971 bits per heavy atom. The molecule has 35 heavy (non-hydrogen) atoms. The van der Waals surface area contributed by atoms with Crippen LogP contribution in [0, 0.1) is 13.8 Å². The van der Waals surface area contributed by atoms with E-state index >= 15 is 0 Å². The summed E-state index contributed by atoms with van der Waals surface area (Å²) in [4.78, 5) is 4.94. The Morgan fingerprint density at radius 3 is 2.17 bits per heavy atom. The van der Waals surface area contributed by atoms with E-state index in [0.717, 1.165) is 71.8 Å². The largest absolute Gasteiger partial charge is 0.490 e. The molecule has 1 aliphatic rings. The lowest BCUT2D eigenvalue weighted by Gasteiger charge is -2.31. The fourth-order valence-electron chi connectivity index (χ4n) is 4.25. The normalized spacial score (nSPS) is 18.0. The highest BCUT2D eigenvalue weighted by Crippen LogP contribution is 2.33. The van der Waals surface area contributed by atoms with E-state index in [0.29, 0.717) is 6.61 Å². The molecule has 1 aliphatic carbocycles. The summed E-state index contributed by atoms with van der Waals surface area (Å²) in [6, 6.07) is 12.2. The second-order valence-corrected chi connectivity index (χ2v) is 8.51. The highest BCUT2D eigenvalue weighted by molar-refractivity contribution is 6.00. The lowest BCUT2D eigenvalue weighted by atomic mass is 9.94. The summed E-state index contributed by atoms with van der Waals surface area (Å²) in [6.45, 7) is 12.8. The minimum atomic E-state index is 0.149. The van der Waals surface area contributed by atoms with Crippen LogP contribution in [0.2, 0.25) is 0 Å². The molecule has 1 saturated carbocycles. The first-order chi connectivity index (χ1) is 17.0. The molecule has 192 valence electrons. The molecule has 0 saturated heterocycles. The summed E-state index contributed by atoms with van der Waals surface area (Å²) in [5, 5.41) is 4.09. The fraction of sp³-hybridized carbons (Fsp3) is 0.500. The van der Waals surface area contributed by atoms with Gasteiger partial charge in [-0.05, 0) is 99.5 Å². The van der Waals surface area contributed by atoms with Gasteiger partial charge in [0.15, 0.2) is 0 Å². The van der Waals surface area contributed by atoms with Crippen LogP contribution in [0.15, 0.2) is 53.7 Å². The zero-order valence-corrected chi connectivity index (χ0v) is 22.6. The standard InChI is InChI=1S/C28H37NO4.C2H6/c1-6-8-16-31-26-17-20(3)28(21(4)18-26)33-25-11-9-10-24(19-25)32-23-14-12-22(13-15-23)27(7-2)29-30-5;1-2/h6,8,12-15,17-18,24-25H,7,9-11,16,19H2,1-5H3;1-2H3/b8-6+,29-27-;. The van der Waals surface area contributed by atoms with Gasteiger partial charge in [0.05, 0.1) is 5.71 Å². The van der Waals surface area contributed by atoms with Crippen molar-refractivity contribution >= 4 is 5.71 Å². The smallest absolute Gasteiger partial charge is 0.125 e. The van der Waals surface area contributed by atoms with Crippen molar-refractivity contribution in [3.63, 3.8) is 0 Å². The van der Waals surface area contributed by atoms with Gasteiger partial charge in [0.1, 0.15) is 43.2 Å². The van der Waals surface area contributed by atoms with Gasteiger partial charge in [-0.15, -0.1) is 0 Å². The summed E-state index contributed by atoms with van der Waals surface area (Å²) in [5.74, 6) is 2.73. The van der Waals surface area contributed by atoms with Crippen LogP contribution in [-0.4, -0.2) is 31.6 Å². The molecule has 0 amide bonds. The molecule has 0 radical (unpaired) electrons. The van der Waals surface area contributed by atoms with E-state index in [9.17, 15) is 0 Å². The third kappa shape index (κ3) is 8.65. The summed E-state index contributed by atoms with van der Waals surface area (Å²) < 4.78 is 18.6. The van der Waals surface area contributed by atoms with E-state index in [1.807, 2.05) is 57.2 Å². The zero-order valence-electron chi connectivity index (χ0n) is 22.6. The quantitative estimate of drug-likeness (QED) is 0.197. The number of hydrogen-bond donors (Lipinski definition) is 0. The van der Waals surface area contributed by atoms with Gasteiger partial charge in [0.25, 0.3) is 0 Å². The number of benzene rings is 2. The van der Waals surface area contributed by atoms with Crippen LogP contribution in [0.3, 0.4) is 0 Å². The van der Waals surface area contributed by atoms with E-state index in [4.69, 9.17) is 19.0 Å². The van der Waals surface area contributed by atoms with Crippen LogP contribution in [0.4, 0.5) is 0 Å². The van der Waals surface area contributed by atoms with Crippen LogP contribution in [0.25, 0.3) is 0 Å². The topological polar surface area (TPSA) is 49.3 Å². The average molecular weight is 482 g/mol. The minimum Gasteiger partial charge on any atom is -0.490 e. The maximum absolute atomic E-state index is 6.48. The van der Waals surface area contributed by atoms with Gasteiger partial charge < -0.3 is 19.0 Å². The van der Waals surface area contributed by atoms with Crippen molar-refractivity contribution < 1.29 is 19.0 Å². The van der Waals surface area contributed by atoms with Gasteiger partial charge in [0, 0.05) is 6.42 Å². The summed E-state index contributed by atoms with van der Waals surface area (Å²) >= 11 is 0. The highest BCUT2D eigenvalue weighted by Gasteiger charge is 2.26. The lowest BCUT2D eigenvalue weighted by Crippen LogP contribution is -2.32. The molecular weight excluding hydrogens is 438 g/mol. The van der Waals surface area contributed by atoms with Crippen molar-refractivity contribution in [2.45, 2.75) is 85.9 Å². The van der Waals surface area contributed by atoms with E-state index < -0.39 is 0 Å². The maximum atomic E-state index is 6.48. The minimum absolute atomic E-state index is 0.149. The molecule has 0 spiro atoms. The third-order valence-corrected chi connectivity index (χ3v) is 5.90. The van der Waals surface area contributed by atoms with Crippen molar-refractivity contribution in [2.75, 3.05) is 13.7 Å². The molecule has 2 aromatic rings. The number of ether oxygens (including phenoxy) is 3. The van der Waals surface area contributed by atoms with Crippen LogP contribution < -0.4 is 14.2 Å². The molecule has 1 fully saturated rings. The molecular formula is C30H43NO4. The van der Waals surface area contributed by atoms with Crippen molar-refractivity contribution in [2.24, 2.45) is 5.16 Å². The van der Waals surface area contributed by atoms with Crippen LogP contribution >= 0.6 is 0 Å². The molecule has 0 heterocycles. The number of nitrogens with zero attached hydrogens (tertiary/aromatic N) is 1. The summed E-state index contributed by atoms with van der Waals surface area (Å²) in [7, 11) is 1.57. The molecule has 0 aromatic heterocycles. The molecule has 5 nitrogen and oxygen atoms in total. The number of allylic oxidation sites excluding steroid dienone is 1. The Labute approximate surface area is 212 Å². The molecule has 2 atom stereocenters. The lowest BCUT2D eigenvalue weighted by molar-refractivity contribution is 0.0672. The SMILES string of the molecule is C/C=C/COc1cc(C)c(OC2CCCC(Oc3ccc(/C(CC)=N\OC)cc3)C2)c(C)c1.CC. The zero-order chi connectivity index (χ0) is 25.6. The number of rotatable bonds is 10. The second kappa shape index (κ2) is 15.1. The predicted molar refractivity (Wildman–Crippen MR) is 145 cm³/mol. The monoisotopic (exact) mass is 481 g/mol. The van der Waals surface area contributed by atoms with E-state index in [2.05, 4.69) is 38.1 Å². The first-order valence-electron chi connectivity index (χ1n) is 12.9. The third-order valence-electron chi connectivity index (χ3n) is 5.90. The highest BCUT2D eigenvalue weighted by atomic mass is 16.6. The molecule has 2 unspecified atom stereocenters. The van der Waals surface area contributed by atoms with E-state index in [1.165, 1.54) is 0 Å². The van der Waals surface area contributed by atoms with Crippen molar-refractivity contribution in [1.82, 2.24) is 0 Å². The Morgan fingerprint density at radius 2 is 1.60 bits per heavy atom. The first-order valence-corrected chi connectivity index (χ1v) is 12.9. The van der Waals surface area contributed by atoms with Gasteiger partial charge >= 0.3 is 0 Å². The molecule has 0 bridgehead atoms. The molecule has 0 N–H and O–H groups in total. The Balaban J connectivity index is 0.00000210. The van der Waals surface area contributed by atoms with Crippen LogP contribution in [0.1, 0.15) is 76.5 Å². The number of aryl methyl sites for hydroxylation is 2. The van der Waals surface area contributed by atoms with Crippen molar-refractivity contribution in [1.29, 1.82) is 0 Å². The Hall–Kier alpha value is -2.95.